The molecule has 182 valence electrons. The maximum absolute atomic E-state index is 12.7. The van der Waals surface area contributed by atoms with Crippen molar-refractivity contribution in [3.8, 4) is 0 Å². The number of thioether (sulfide) groups is 1. The number of rotatable bonds is 8. The minimum atomic E-state index is -0.397. The number of amides is 2. The van der Waals surface area contributed by atoms with Crippen molar-refractivity contribution in [2.75, 3.05) is 23.5 Å². The number of carbonyl (C=O) groups is 3. The fourth-order valence-corrected chi connectivity index (χ4v) is 6.16. The Morgan fingerprint density at radius 3 is 2.54 bits per heavy atom. The summed E-state index contributed by atoms with van der Waals surface area (Å²) in [5.41, 5.74) is 3.17. The van der Waals surface area contributed by atoms with E-state index in [1.54, 1.807) is 0 Å². The lowest BCUT2D eigenvalue weighted by Crippen LogP contribution is -2.16. The van der Waals surface area contributed by atoms with Gasteiger partial charge in [0.1, 0.15) is 5.00 Å². The molecule has 0 fully saturated rings. The number of aryl methyl sites for hydroxylation is 1. The van der Waals surface area contributed by atoms with Crippen LogP contribution in [0, 0.1) is 0 Å². The van der Waals surface area contributed by atoms with Gasteiger partial charge in [0, 0.05) is 15.5 Å². The molecular formula is C27H28N2O4S2. The molecule has 0 aliphatic heterocycles. The van der Waals surface area contributed by atoms with Crippen LogP contribution in [0.25, 0.3) is 0 Å². The van der Waals surface area contributed by atoms with Gasteiger partial charge >= 0.3 is 5.97 Å². The molecular weight excluding hydrogens is 480 g/mol. The number of ether oxygens (including phenoxy) is 1. The molecule has 0 unspecified atom stereocenters. The van der Waals surface area contributed by atoms with Gasteiger partial charge in [0.15, 0.2) is 0 Å². The van der Waals surface area contributed by atoms with Crippen LogP contribution >= 0.6 is 23.1 Å². The van der Waals surface area contributed by atoms with Crippen LogP contribution in [0.2, 0.25) is 0 Å². The molecule has 0 bridgehead atoms. The predicted octanol–water partition coefficient (Wildman–Crippen LogP) is 5.72. The number of benzene rings is 2. The molecule has 2 aromatic carbocycles. The summed E-state index contributed by atoms with van der Waals surface area (Å²) in [6.07, 6.45) is 5.34. The molecule has 0 spiro atoms. The molecule has 35 heavy (non-hydrogen) atoms. The zero-order valence-electron chi connectivity index (χ0n) is 19.6. The minimum Gasteiger partial charge on any atom is -0.465 e. The first-order chi connectivity index (χ1) is 17.0. The average molecular weight is 509 g/mol. The fourth-order valence-electron chi connectivity index (χ4n) is 4.11. The Bertz CT molecular complexity index is 1210. The van der Waals surface area contributed by atoms with E-state index < -0.39 is 5.97 Å². The Morgan fingerprint density at radius 2 is 1.74 bits per heavy atom. The zero-order valence-corrected chi connectivity index (χ0v) is 21.2. The van der Waals surface area contributed by atoms with Gasteiger partial charge in [0.2, 0.25) is 11.8 Å². The summed E-state index contributed by atoms with van der Waals surface area (Å²) in [6.45, 7) is 0. The van der Waals surface area contributed by atoms with Gasteiger partial charge in [-0.25, -0.2) is 4.79 Å². The van der Waals surface area contributed by atoms with Crippen LogP contribution in [-0.4, -0.2) is 30.6 Å². The maximum atomic E-state index is 12.7. The zero-order chi connectivity index (χ0) is 24.6. The highest BCUT2D eigenvalue weighted by Gasteiger charge is 2.26. The van der Waals surface area contributed by atoms with E-state index in [9.17, 15) is 14.4 Å². The summed E-state index contributed by atoms with van der Waals surface area (Å²) in [5.74, 6) is -0.491. The molecule has 4 rings (SSSR count). The second-order valence-electron chi connectivity index (χ2n) is 8.34. The lowest BCUT2D eigenvalue weighted by molar-refractivity contribution is -0.115. The first-order valence-corrected chi connectivity index (χ1v) is 13.4. The van der Waals surface area contributed by atoms with Gasteiger partial charge in [-0.05, 0) is 55.0 Å². The van der Waals surface area contributed by atoms with E-state index in [0.717, 1.165) is 48.1 Å². The molecule has 2 amide bonds. The number of hydrogen-bond acceptors (Lipinski definition) is 6. The highest BCUT2D eigenvalue weighted by atomic mass is 32.2. The number of nitrogens with one attached hydrogen (secondary N) is 2. The fraction of sp³-hybridized carbons (Fsp3) is 0.296. The van der Waals surface area contributed by atoms with Crippen LogP contribution in [0.3, 0.4) is 0 Å². The topological polar surface area (TPSA) is 84.5 Å². The minimum absolute atomic E-state index is 0.0936. The van der Waals surface area contributed by atoms with E-state index in [4.69, 9.17) is 4.74 Å². The third kappa shape index (κ3) is 6.74. The van der Waals surface area contributed by atoms with E-state index in [-0.39, 0.29) is 17.6 Å². The quantitative estimate of drug-likeness (QED) is 0.231. The number of carbonyl (C=O) groups excluding carboxylic acids is 3. The van der Waals surface area contributed by atoms with Crippen molar-refractivity contribution in [1.82, 2.24) is 0 Å². The summed E-state index contributed by atoms with van der Waals surface area (Å²) in [5, 5.41) is 6.43. The predicted molar refractivity (Wildman–Crippen MR) is 141 cm³/mol. The summed E-state index contributed by atoms with van der Waals surface area (Å²) < 4.78 is 5.01. The van der Waals surface area contributed by atoms with E-state index in [2.05, 4.69) is 10.6 Å². The third-order valence-electron chi connectivity index (χ3n) is 5.76. The van der Waals surface area contributed by atoms with Crippen molar-refractivity contribution in [1.29, 1.82) is 0 Å². The summed E-state index contributed by atoms with van der Waals surface area (Å²) >= 11 is 2.87. The van der Waals surface area contributed by atoms with Crippen LogP contribution in [-0.2, 0) is 33.6 Å². The van der Waals surface area contributed by atoms with Crippen LogP contribution in [0.1, 0.15) is 45.6 Å². The molecule has 1 aliphatic rings. The van der Waals surface area contributed by atoms with Gasteiger partial charge in [0.05, 0.1) is 24.8 Å². The van der Waals surface area contributed by atoms with Crippen molar-refractivity contribution in [3.63, 3.8) is 0 Å². The SMILES string of the molecule is COC(=O)c1c(NC(=O)CSc2cccc(NC(=O)Cc3ccccc3)c2)sc2c1CCCCC2. The van der Waals surface area contributed by atoms with Crippen LogP contribution in [0.15, 0.2) is 59.5 Å². The number of anilines is 2. The summed E-state index contributed by atoms with van der Waals surface area (Å²) in [4.78, 5) is 39.6. The molecule has 0 saturated heterocycles. The van der Waals surface area contributed by atoms with Crippen LogP contribution in [0.5, 0.6) is 0 Å². The molecule has 2 N–H and O–H groups in total. The molecule has 8 heteroatoms. The van der Waals surface area contributed by atoms with Crippen molar-refractivity contribution in [3.05, 3.63) is 76.2 Å². The van der Waals surface area contributed by atoms with Gasteiger partial charge in [-0.1, -0.05) is 42.8 Å². The molecule has 1 heterocycles. The smallest absolute Gasteiger partial charge is 0.341 e. The first-order valence-electron chi connectivity index (χ1n) is 11.6. The van der Waals surface area contributed by atoms with E-state index in [1.165, 1.54) is 35.1 Å². The lowest BCUT2D eigenvalue weighted by Gasteiger charge is -2.09. The molecule has 0 radical (unpaired) electrons. The molecule has 0 atom stereocenters. The number of hydrogen-bond donors (Lipinski definition) is 2. The van der Waals surface area contributed by atoms with E-state index in [0.29, 0.717) is 22.7 Å². The summed E-state index contributed by atoms with van der Waals surface area (Å²) in [6, 6.07) is 17.0. The van der Waals surface area contributed by atoms with E-state index in [1.807, 2.05) is 54.6 Å². The van der Waals surface area contributed by atoms with Gasteiger partial charge in [-0.15, -0.1) is 23.1 Å². The summed E-state index contributed by atoms with van der Waals surface area (Å²) in [7, 11) is 1.37. The molecule has 1 aromatic heterocycles. The van der Waals surface area contributed by atoms with Crippen LogP contribution in [0.4, 0.5) is 10.7 Å². The van der Waals surface area contributed by atoms with Crippen LogP contribution < -0.4 is 10.6 Å². The average Bonchev–Trinajstić information content (AvgIpc) is 3.02. The number of esters is 1. The Kier molecular flexibility index (Phi) is 8.60. The Morgan fingerprint density at radius 1 is 0.943 bits per heavy atom. The Balaban J connectivity index is 1.36. The normalized spacial score (nSPS) is 12.8. The van der Waals surface area contributed by atoms with Crippen molar-refractivity contribution < 1.29 is 19.1 Å². The standard InChI is InChI=1S/C27H28N2O4S2/c1-33-27(32)25-21-13-6-3-7-14-22(21)35-26(25)29-24(31)17-34-20-12-8-11-19(16-20)28-23(30)15-18-9-4-2-5-10-18/h2,4-5,8-12,16H,3,6-7,13-15,17H2,1H3,(H,28,30)(H,29,31). The third-order valence-corrected chi connectivity index (χ3v) is 7.96. The number of methoxy groups -OCH3 is 1. The second kappa shape index (κ2) is 12.0. The Labute approximate surface area is 213 Å². The monoisotopic (exact) mass is 508 g/mol. The van der Waals surface area contributed by atoms with Crippen molar-refractivity contribution >= 4 is 51.6 Å². The van der Waals surface area contributed by atoms with E-state index >= 15 is 0 Å². The molecule has 1 aliphatic carbocycles. The highest BCUT2D eigenvalue weighted by Crippen LogP contribution is 2.38. The molecule has 3 aromatic rings. The largest absolute Gasteiger partial charge is 0.465 e. The number of fused-ring (bicyclic) bond motifs is 1. The van der Waals surface area contributed by atoms with Crippen molar-refractivity contribution in [2.45, 2.75) is 43.4 Å². The molecule has 0 saturated carbocycles. The van der Waals surface area contributed by atoms with Gasteiger partial charge in [-0.3, -0.25) is 9.59 Å². The number of thiophene rings is 1. The van der Waals surface area contributed by atoms with Gasteiger partial charge < -0.3 is 15.4 Å². The van der Waals surface area contributed by atoms with Crippen molar-refractivity contribution in [2.24, 2.45) is 0 Å². The second-order valence-corrected chi connectivity index (χ2v) is 10.5. The molecule has 6 nitrogen and oxygen atoms in total. The lowest BCUT2D eigenvalue weighted by atomic mass is 10.1. The maximum Gasteiger partial charge on any atom is 0.341 e. The van der Waals surface area contributed by atoms with Gasteiger partial charge in [-0.2, -0.15) is 0 Å². The Hall–Kier alpha value is -3.10. The highest BCUT2D eigenvalue weighted by molar-refractivity contribution is 8.00. The van der Waals surface area contributed by atoms with Gasteiger partial charge in [0.25, 0.3) is 0 Å². The first kappa shape index (κ1) is 25.0.